The molecular formula is C17H22F2. The number of hydrogen-bond acceptors (Lipinski definition) is 0. The van der Waals surface area contributed by atoms with Crippen LogP contribution in [0.15, 0.2) is 24.3 Å². The molecule has 104 valence electrons. The zero-order valence-corrected chi connectivity index (χ0v) is 12.3. The summed E-state index contributed by atoms with van der Waals surface area (Å²) in [6.45, 7) is 9.99. The number of benzene rings is 2. The van der Waals surface area contributed by atoms with E-state index in [1.54, 1.807) is 0 Å². The lowest BCUT2D eigenvalue weighted by molar-refractivity contribution is 0.502. The topological polar surface area (TPSA) is 0 Å². The molecule has 0 saturated carbocycles. The Morgan fingerprint density at radius 3 is 2.26 bits per heavy atom. The van der Waals surface area contributed by atoms with E-state index in [4.69, 9.17) is 0 Å². The second-order valence-electron chi connectivity index (χ2n) is 4.60. The van der Waals surface area contributed by atoms with Crippen molar-refractivity contribution < 1.29 is 8.78 Å². The Labute approximate surface area is 114 Å². The minimum Gasteiger partial charge on any atom is -0.204 e. The van der Waals surface area contributed by atoms with Crippen LogP contribution in [0.3, 0.4) is 0 Å². The Balaban J connectivity index is 0.000000861. The van der Waals surface area contributed by atoms with E-state index in [9.17, 15) is 8.78 Å². The maximum absolute atomic E-state index is 13.8. The Kier molecular flexibility index (Phi) is 5.46. The standard InChI is InChI=1S/C15H16F2.C2H6/c1-4-11-14-10(8-13(16)15(11)17)6-5-7-12(14)9(2)3;1-2/h5-9H,4H2,1-3H3;1-2H3. The highest BCUT2D eigenvalue weighted by Gasteiger charge is 2.15. The molecule has 0 aliphatic rings. The van der Waals surface area contributed by atoms with Gasteiger partial charge in [-0.3, -0.25) is 0 Å². The van der Waals surface area contributed by atoms with Crippen molar-refractivity contribution in [2.24, 2.45) is 0 Å². The van der Waals surface area contributed by atoms with Crippen molar-refractivity contribution in [2.75, 3.05) is 0 Å². The summed E-state index contributed by atoms with van der Waals surface area (Å²) in [5, 5.41) is 1.66. The van der Waals surface area contributed by atoms with Gasteiger partial charge in [-0.05, 0) is 40.3 Å². The molecule has 0 spiro atoms. The summed E-state index contributed by atoms with van der Waals surface area (Å²) in [5.41, 5.74) is 1.57. The molecule has 0 amide bonds. The predicted molar refractivity (Wildman–Crippen MR) is 78.7 cm³/mol. The van der Waals surface area contributed by atoms with E-state index in [0.29, 0.717) is 17.9 Å². The fourth-order valence-corrected chi connectivity index (χ4v) is 2.32. The summed E-state index contributed by atoms with van der Waals surface area (Å²) in [7, 11) is 0. The number of hydrogen-bond donors (Lipinski definition) is 0. The molecule has 19 heavy (non-hydrogen) atoms. The van der Waals surface area contributed by atoms with E-state index in [2.05, 4.69) is 13.8 Å². The van der Waals surface area contributed by atoms with Crippen molar-refractivity contribution in [2.45, 2.75) is 47.0 Å². The fraction of sp³-hybridized carbons (Fsp3) is 0.412. The molecule has 0 saturated heterocycles. The molecule has 0 aliphatic heterocycles. The summed E-state index contributed by atoms with van der Waals surface area (Å²) in [4.78, 5) is 0. The predicted octanol–water partition coefficient (Wildman–Crippen LogP) is 5.83. The largest absolute Gasteiger partial charge is 0.204 e. The zero-order valence-electron chi connectivity index (χ0n) is 12.3. The molecule has 0 bridgehead atoms. The first-order valence-corrected chi connectivity index (χ1v) is 6.95. The van der Waals surface area contributed by atoms with Gasteiger partial charge in [-0.1, -0.05) is 52.8 Å². The van der Waals surface area contributed by atoms with Gasteiger partial charge in [0.1, 0.15) is 0 Å². The monoisotopic (exact) mass is 264 g/mol. The molecule has 0 N–H and O–H groups in total. The van der Waals surface area contributed by atoms with Crippen molar-refractivity contribution in [3.05, 3.63) is 47.0 Å². The lowest BCUT2D eigenvalue weighted by atomic mass is 9.91. The number of halogens is 2. The Morgan fingerprint density at radius 1 is 1.11 bits per heavy atom. The molecule has 0 unspecified atom stereocenters. The summed E-state index contributed by atoms with van der Waals surface area (Å²) >= 11 is 0. The van der Waals surface area contributed by atoms with Crippen molar-refractivity contribution in [3.63, 3.8) is 0 Å². The van der Waals surface area contributed by atoms with Crippen molar-refractivity contribution in [1.82, 2.24) is 0 Å². The SMILES string of the molecule is CC.CCc1c(F)c(F)cc2cccc(C(C)C)c12. The summed E-state index contributed by atoms with van der Waals surface area (Å²) < 4.78 is 27.3. The van der Waals surface area contributed by atoms with E-state index in [-0.39, 0.29) is 0 Å². The van der Waals surface area contributed by atoms with Gasteiger partial charge in [0.05, 0.1) is 0 Å². The average Bonchev–Trinajstić information content (AvgIpc) is 2.42. The van der Waals surface area contributed by atoms with Crippen LogP contribution in [-0.2, 0) is 6.42 Å². The molecule has 0 aliphatic carbocycles. The molecule has 0 fully saturated rings. The second kappa shape index (κ2) is 6.65. The molecular weight excluding hydrogens is 242 g/mol. The molecule has 0 heterocycles. The van der Waals surface area contributed by atoms with E-state index >= 15 is 0 Å². The van der Waals surface area contributed by atoms with Gasteiger partial charge in [0.2, 0.25) is 0 Å². The summed E-state index contributed by atoms with van der Waals surface area (Å²) in [6.07, 6.45) is 0.504. The minimum atomic E-state index is -0.754. The van der Waals surface area contributed by atoms with Crippen LogP contribution in [0, 0.1) is 11.6 Å². The van der Waals surface area contributed by atoms with Gasteiger partial charge in [0, 0.05) is 0 Å². The molecule has 2 aromatic rings. The van der Waals surface area contributed by atoms with Gasteiger partial charge >= 0.3 is 0 Å². The fourth-order valence-electron chi connectivity index (χ4n) is 2.32. The molecule has 0 atom stereocenters. The van der Waals surface area contributed by atoms with Crippen LogP contribution in [0.1, 0.15) is 51.7 Å². The Bertz CT molecular complexity index is 557. The quantitative estimate of drug-likeness (QED) is 0.640. The van der Waals surface area contributed by atoms with Gasteiger partial charge in [-0.15, -0.1) is 0 Å². The third-order valence-electron chi connectivity index (χ3n) is 3.16. The summed E-state index contributed by atoms with van der Waals surface area (Å²) in [5.74, 6) is -1.16. The van der Waals surface area contributed by atoms with Gasteiger partial charge in [0.15, 0.2) is 11.6 Å². The smallest absolute Gasteiger partial charge is 0.162 e. The Morgan fingerprint density at radius 2 is 1.74 bits per heavy atom. The Hall–Kier alpha value is -1.44. The van der Waals surface area contributed by atoms with Crippen LogP contribution in [0.5, 0.6) is 0 Å². The zero-order chi connectivity index (χ0) is 14.6. The van der Waals surface area contributed by atoms with Crippen molar-refractivity contribution in [1.29, 1.82) is 0 Å². The van der Waals surface area contributed by atoms with Gasteiger partial charge in [-0.25, -0.2) is 8.78 Å². The lowest BCUT2D eigenvalue weighted by Gasteiger charge is -2.14. The van der Waals surface area contributed by atoms with Gasteiger partial charge in [-0.2, -0.15) is 0 Å². The highest BCUT2D eigenvalue weighted by molar-refractivity contribution is 5.89. The number of aryl methyl sites for hydroxylation is 1. The van der Waals surface area contributed by atoms with E-state index in [0.717, 1.165) is 16.3 Å². The molecule has 0 aromatic heterocycles. The first kappa shape index (κ1) is 15.6. The summed E-state index contributed by atoms with van der Waals surface area (Å²) in [6, 6.07) is 7.01. The van der Waals surface area contributed by atoms with Crippen LogP contribution in [0.4, 0.5) is 8.78 Å². The van der Waals surface area contributed by atoms with Crippen LogP contribution >= 0.6 is 0 Å². The maximum Gasteiger partial charge on any atom is 0.162 e. The van der Waals surface area contributed by atoms with E-state index in [1.807, 2.05) is 39.0 Å². The first-order valence-electron chi connectivity index (χ1n) is 6.95. The molecule has 2 aromatic carbocycles. The van der Waals surface area contributed by atoms with Crippen molar-refractivity contribution in [3.8, 4) is 0 Å². The first-order chi connectivity index (χ1) is 9.06. The highest BCUT2D eigenvalue weighted by atomic mass is 19.2. The third-order valence-corrected chi connectivity index (χ3v) is 3.16. The third kappa shape index (κ3) is 2.94. The highest BCUT2D eigenvalue weighted by Crippen LogP contribution is 2.31. The number of rotatable bonds is 2. The van der Waals surface area contributed by atoms with Gasteiger partial charge in [0.25, 0.3) is 0 Å². The molecule has 0 nitrogen and oxygen atoms in total. The molecule has 0 radical (unpaired) electrons. The normalized spacial score (nSPS) is 10.5. The minimum absolute atomic E-state index is 0.300. The van der Waals surface area contributed by atoms with E-state index < -0.39 is 11.6 Å². The van der Waals surface area contributed by atoms with E-state index in [1.165, 1.54) is 6.07 Å². The number of fused-ring (bicyclic) bond motifs is 1. The average molecular weight is 264 g/mol. The second-order valence-corrected chi connectivity index (χ2v) is 4.60. The van der Waals surface area contributed by atoms with Crippen LogP contribution in [0.2, 0.25) is 0 Å². The lowest BCUT2D eigenvalue weighted by Crippen LogP contribution is -1.99. The van der Waals surface area contributed by atoms with Crippen LogP contribution in [-0.4, -0.2) is 0 Å². The van der Waals surface area contributed by atoms with Crippen molar-refractivity contribution >= 4 is 10.8 Å². The van der Waals surface area contributed by atoms with Gasteiger partial charge < -0.3 is 0 Å². The van der Waals surface area contributed by atoms with Crippen LogP contribution in [0.25, 0.3) is 10.8 Å². The molecule has 2 heteroatoms. The maximum atomic E-state index is 13.8. The van der Waals surface area contributed by atoms with Crippen LogP contribution < -0.4 is 0 Å². The molecule has 2 rings (SSSR count).